The smallest absolute Gasteiger partial charge is 0.315 e. The third-order valence-electron chi connectivity index (χ3n) is 5.26. The Balaban J connectivity index is 1.32. The number of rotatable bonds is 5. The van der Waals surface area contributed by atoms with Crippen LogP contribution in [0.2, 0.25) is 0 Å². The van der Waals surface area contributed by atoms with E-state index >= 15 is 0 Å². The van der Waals surface area contributed by atoms with Crippen LogP contribution in [-0.2, 0) is 12.8 Å². The molecule has 0 fully saturated rings. The van der Waals surface area contributed by atoms with Crippen LogP contribution in [0.25, 0.3) is 10.8 Å². The molecule has 0 saturated carbocycles. The highest BCUT2D eigenvalue weighted by molar-refractivity contribution is 5.86. The summed E-state index contributed by atoms with van der Waals surface area (Å²) in [5.74, 6) is 0.998. The number of nitrogens with zero attached hydrogens (tertiary/aromatic N) is 1. The summed E-state index contributed by atoms with van der Waals surface area (Å²) in [7, 11) is 0. The average molecular weight is 374 g/mol. The zero-order valence-corrected chi connectivity index (χ0v) is 16.2. The lowest BCUT2D eigenvalue weighted by Crippen LogP contribution is -2.38. The lowest BCUT2D eigenvalue weighted by Gasteiger charge is -2.18. The first-order valence-electron chi connectivity index (χ1n) is 9.95. The van der Waals surface area contributed by atoms with Gasteiger partial charge in [-0.25, -0.2) is 9.78 Å². The summed E-state index contributed by atoms with van der Waals surface area (Å²) in [4.78, 5) is 17.0. The minimum absolute atomic E-state index is 0.0721. The number of pyridine rings is 1. The van der Waals surface area contributed by atoms with Crippen molar-refractivity contribution in [1.29, 1.82) is 0 Å². The Hall–Kier alpha value is -3.08. The van der Waals surface area contributed by atoms with Crippen molar-refractivity contribution >= 4 is 22.6 Å². The predicted octanol–water partition coefficient (Wildman–Crippen LogP) is 4.20. The van der Waals surface area contributed by atoms with Crippen LogP contribution in [-0.4, -0.2) is 24.1 Å². The summed E-state index contributed by atoms with van der Waals surface area (Å²) in [6.45, 7) is 3.55. The first kappa shape index (κ1) is 18.3. The molecule has 1 aliphatic heterocycles. The van der Waals surface area contributed by atoms with Crippen LogP contribution in [0.4, 0.5) is 10.6 Å². The zero-order chi connectivity index (χ0) is 19.3. The molecule has 5 nitrogen and oxygen atoms in total. The molecule has 0 spiro atoms. The van der Waals surface area contributed by atoms with Gasteiger partial charge in [0, 0.05) is 25.2 Å². The molecule has 3 aromatic rings. The van der Waals surface area contributed by atoms with Crippen molar-refractivity contribution in [1.82, 2.24) is 15.6 Å². The van der Waals surface area contributed by atoms with E-state index in [1.54, 1.807) is 0 Å². The summed E-state index contributed by atoms with van der Waals surface area (Å²) in [5.41, 5.74) is 3.40. The molecule has 1 atom stereocenters. The number of nitrogens with one attached hydrogen (secondary N) is 3. The molecule has 2 amide bonds. The summed E-state index contributed by atoms with van der Waals surface area (Å²) in [6, 6.07) is 18.4. The standard InChI is InChI=1S/C23H26N4O/c1-16(20-10-4-7-17-6-2-3-9-21(17)20)26-23(28)25-15-13-19-12-11-18-8-5-14-24-22(18)27-19/h2-4,6-7,9-12,16H,5,8,13-15H2,1H3,(H,24,27)(H2,25,26,28). The van der Waals surface area contributed by atoms with Gasteiger partial charge >= 0.3 is 6.03 Å². The SMILES string of the molecule is CC(NC(=O)NCCc1ccc2c(n1)NCCC2)c1cccc2ccccc12. The van der Waals surface area contributed by atoms with Crippen molar-refractivity contribution in [3.8, 4) is 0 Å². The van der Waals surface area contributed by atoms with E-state index in [2.05, 4.69) is 57.3 Å². The highest BCUT2D eigenvalue weighted by atomic mass is 16.2. The number of aromatic nitrogens is 1. The van der Waals surface area contributed by atoms with Crippen LogP contribution in [0.15, 0.2) is 54.6 Å². The Morgan fingerprint density at radius 1 is 1.14 bits per heavy atom. The monoisotopic (exact) mass is 374 g/mol. The van der Waals surface area contributed by atoms with Crippen LogP contribution in [0.5, 0.6) is 0 Å². The number of anilines is 1. The number of aryl methyl sites for hydroxylation is 1. The number of carbonyl (C=O) groups excluding carboxylic acids is 1. The second-order valence-corrected chi connectivity index (χ2v) is 7.28. The molecular weight excluding hydrogens is 348 g/mol. The van der Waals surface area contributed by atoms with E-state index in [0.29, 0.717) is 13.0 Å². The van der Waals surface area contributed by atoms with Crippen LogP contribution < -0.4 is 16.0 Å². The third kappa shape index (κ3) is 4.09. The number of benzene rings is 2. The molecule has 2 aromatic carbocycles. The van der Waals surface area contributed by atoms with E-state index in [9.17, 15) is 4.79 Å². The molecule has 0 saturated heterocycles. The van der Waals surface area contributed by atoms with Crippen molar-refractivity contribution in [2.45, 2.75) is 32.2 Å². The van der Waals surface area contributed by atoms with Gasteiger partial charge in [-0.2, -0.15) is 0 Å². The topological polar surface area (TPSA) is 66.0 Å². The van der Waals surface area contributed by atoms with Crippen LogP contribution >= 0.6 is 0 Å². The number of fused-ring (bicyclic) bond motifs is 2. The maximum absolute atomic E-state index is 12.3. The van der Waals surface area contributed by atoms with Gasteiger partial charge in [-0.1, -0.05) is 48.5 Å². The van der Waals surface area contributed by atoms with E-state index in [0.717, 1.165) is 36.5 Å². The number of amides is 2. The van der Waals surface area contributed by atoms with Crippen molar-refractivity contribution < 1.29 is 4.79 Å². The fourth-order valence-electron chi connectivity index (χ4n) is 3.77. The van der Waals surface area contributed by atoms with Gasteiger partial charge in [0.05, 0.1) is 6.04 Å². The lowest BCUT2D eigenvalue weighted by molar-refractivity contribution is 0.238. The van der Waals surface area contributed by atoms with Crippen LogP contribution in [0.3, 0.4) is 0 Å². The van der Waals surface area contributed by atoms with Crippen LogP contribution in [0, 0.1) is 0 Å². The van der Waals surface area contributed by atoms with Gasteiger partial charge in [-0.05, 0) is 47.7 Å². The summed E-state index contributed by atoms with van der Waals surface area (Å²) in [5, 5.41) is 11.7. The molecule has 2 heterocycles. The van der Waals surface area contributed by atoms with Crippen molar-refractivity contribution in [3.05, 3.63) is 71.4 Å². The largest absolute Gasteiger partial charge is 0.370 e. The predicted molar refractivity (Wildman–Crippen MR) is 114 cm³/mol. The normalized spacial score (nSPS) is 14.0. The molecule has 0 bridgehead atoms. The minimum atomic E-state index is -0.156. The highest BCUT2D eigenvalue weighted by Crippen LogP contribution is 2.24. The van der Waals surface area contributed by atoms with E-state index in [1.807, 2.05) is 25.1 Å². The maximum Gasteiger partial charge on any atom is 0.315 e. The molecule has 144 valence electrons. The molecule has 1 unspecified atom stereocenters. The highest BCUT2D eigenvalue weighted by Gasteiger charge is 2.13. The summed E-state index contributed by atoms with van der Waals surface area (Å²) in [6.07, 6.45) is 2.96. The van der Waals surface area contributed by atoms with E-state index < -0.39 is 0 Å². The number of carbonyl (C=O) groups is 1. The Labute approximate surface area is 165 Å². The third-order valence-corrected chi connectivity index (χ3v) is 5.26. The van der Waals surface area contributed by atoms with Gasteiger partial charge in [-0.3, -0.25) is 0 Å². The number of urea groups is 1. The molecular formula is C23H26N4O. The molecule has 0 radical (unpaired) electrons. The maximum atomic E-state index is 12.3. The zero-order valence-electron chi connectivity index (χ0n) is 16.2. The van der Waals surface area contributed by atoms with Crippen LogP contribution in [0.1, 0.15) is 36.2 Å². The Morgan fingerprint density at radius 2 is 2.00 bits per heavy atom. The van der Waals surface area contributed by atoms with Gasteiger partial charge in [0.2, 0.25) is 0 Å². The fraction of sp³-hybridized carbons (Fsp3) is 0.304. The van der Waals surface area contributed by atoms with E-state index in [4.69, 9.17) is 0 Å². The molecule has 28 heavy (non-hydrogen) atoms. The average Bonchev–Trinajstić information content (AvgIpc) is 2.73. The molecule has 4 rings (SSSR count). The van der Waals surface area contributed by atoms with E-state index in [-0.39, 0.29) is 12.1 Å². The minimum Gasteiger partial charge on any atom is -0.370 e. The van der Waals surface area contributed by atoms with Gasteiger partial charge < -0.3 is 16.0 Å². The Morgan fingerprint density at radius 3 is 2.93 bits per heavy atom. The van der Waals surface area contributed by atoms with Gasteiger partial charge in [-0.15, -0.1) is 0 Å². The first-order chi connectivity index (χ1) is 13.7. The second kappa shape index (κ2) is 8.30. The molecule has 5 heteroatoms. The molecule has 3 N–H and O–H groups in total. The fourth-order valence-corrected chi connectivity index (χ4v) is 3.77. The molecule has 1 aliphatic rings. The molecule has 1 aromatic heterocycles. The Bertz CT molecular complexity index is 980. The van der Waals surface area contributed by atoms with Gasteiger partial charge in [0.1, 0.15) is 5.82 Å². The number of hydrogen-bond donors (Lipinski definition) is 3. The van der Waals surface area contributed by atoms with Crippen molar-refractivity contribution in [2.75, 3.05) is 18.4 Å². The first-order valence-corrected chi connectivity index (χ1v) is 9.95. The van der Waals surface area contributed by atoms with Crippen molar-refractivity contribution in [3.63, 3.8) is 0 Å². The van der Waals surface area contributed by atoms with E-state index in [1.165, 1.54) is 16.3 Å². The Kier molecular flexibility index (Phi) is 5.42. The van der Waals surface area contributed by atoms with Crippen molar-refractivity contribution in [2.24, 2.45) is 0 Å². The summed E-state index contributed by atoms with van der Waals surface area (Å²) < 4.78 is 0. The molecule has 0 aliphatic carbocycles. The van der Waals surface area contributed by atoms with Gasteiger partial charge in [0.15, 0.2) is 0 Å². The second-order valence-electron chi connectivity index (χ2n) is 7.28. The van der Waals surface area contributed by atoms with Gasteiger partial charge in [0.25, 0.3) is 0 Å². The lowest BCUT2D eigenvalue weighted by atomic mass is 10.00. The number of hydrogen-bond acceptors (Lipinski definition) is 3. The quantitative estimate of drug-likeness (QED) is 0.627. The summed E-state index contributed by atoms with van der Waals surface area (Å²) >= 11 is 0.